The molecule has 1 N–H and O–H groups in total. The van der Waals surface area contributed by atoms with Crippen molar-refractivity contribution < 1.29 is 31.1 Å². The number of alkyl halides is 6. The Kier molecular flexibility index (Phi) is 7.13. The van der Waals surface area contributed by atoms with E-state index in [1.165, 1.54) is 6.92 Å². The van der Waals surface area contributed by atoms with Gasteiger partial charge in [-0.3, -0.25) is 0 Å². The van der Waals surface area contributed by atoms with E-state index in [2.05, 4.69) is 10.1 Å². The van der Waals surface area contributed by atoms with Crippen LogP contribution in [0.25, 0.3) is 0 Å². The second-order valence-electron chi connectivity index (χ2n) is 4.68. The second-order valence-corrected chi connectivity index (χ2v) is 4.68. The zero-order chi connectivity index (χ0) is 15.3. The lowest BCUT2D eigenvalue weighted by molar-refractivity contribution is -0.330. The molecule has 0 bridgehead atoms. The Morgan fingerprint density at radius 2 is 1.42 bits per heavy atom. The lowest BCUT2D eigenvalue weighted by atomic mass is 10.2. The van der Waals surface area contributed by atoms with Crippen LogP contribution in [0, 0.1) is 5.92 Å². The highest BCUT2D eigenvalue weighted by Crippen LogP contribution is 2.36. The standard InChI is InChI=1S/C11H19F6NO/c1-4-8(6-18-5-7(2)3)19-9(10(12,13)14)11(15,16)17/h7-9,18H,4-6H2,1-3H3. The lowest BCUT2D eigenvalue weighted by Crippen LogP contribution is -2.48. The van der Waals surface area contributed by atoms with Crippen LogP contribution in [0.2, 0.25) is 0 Å². The first kappa shape index (κ1) is 18.5. The van der Waals surface area contributed by atoms with Crippen LogP contribution in [0.1, 0.15) is 27.2 Å². The first-order valence-electron chi connectivity index (χ1n) is 5.98. The van der Waals surface area contributed by atoms with Gasteiger partial charge >= 0.3 is 12.4 Å². The summed E-state index contributed by atoms with van der Waals surface area (Å²) in [5, 5.41) is 2.78. The molecule has 8 heteroatoms. The molecule has 19 heavy (non-hydrogen) atoms. The molecular weight excluding hydrogens is 276 g/mol. The van der Waals surface area contributed by atoms with Crippen molar-refractivity contribution in [2.45, 2.75) is 51.8 Å². The maximum absolute atomic E-state index is 12.3. The fraction of sp³-hybridized carbons (Fsp3) is 1.00. The van der Waals surface area contributed by atoms with Crippen LogP contribution in [0.5, 0.6) is 0 Å². The SMILES string of the molecule is CCC(CNCC(C)C)OC(C(F)(F)F)C(F)(F)F. The van der Waals surface area contributed by atoms with Crippen LogP contribution >= 0.6 is 0 Å². The van der Waals surface area contributed by atoms with Crippen molar-refractivity contribution in [1.29, 1.82) is 0 Å². The van der Waals surface area contributed by atoms with Crippen molar-refractivity contribution in [3.05, 3.63) is 0 Å². The Morgan fingerprint density at radius 1 is 0.947 bits per heavy atom. The van der Waals surface area contributed by atoms with E-state index < -0.39 is 24.6 Å². The molecule has 0 radical (unpaired) electrons. The predicted octanol–water partition coefficient (Wildman–Crippen LogP) is 3.52. The van der Waals surface area contributed by atoms with Gasteiger partial charge in [0.25, 0.3) is 0 Å². The molecule has 0 rings (SSSR count). The summed E-state index contributed by atoms with van der Waals surface area (Å²) in [6, 6.07) is 0. The van der Waals surface area contributed by atoms with E-state index in [-0.39, 0.29) is 18.9 Å². The van der Waals surface area contributed by atoms with Gasteiger partial charge in [0.15, 0.2) is 0 Å². The third kappa shape index (κ3) is 7.61. The molecule has 1 unspecified atom stereocenters. The number of hydrogen-bond donors (Lipinski definition) is 1. The highest BCUT2D eigenvalue weighted by atomic mass is 19.4. The monoisotopic (exact) mass is 295 g/mol. The molecule has 0 aromatic heterocycles. The summed E-state index contributed by atoms with van der Waals surface area (Å²) in [7, 11) is 0. The molecule has 116 valence electrons. The van der Waals surface area contributed by atoms with Gasteiger partial charge in [-0.05, 0) is 18.9 Å². The molecule has 0 heterocycles. The van der Waals surface area contributed by atoms with Crippen LogP contribution in [-0.4, -0.2) is 37.7 Å². The highest BCUT2D eigenvalue weighted by molar-refractivity contribution is 4.78. The summed E-state index contributed by atoms with van der Waals surface area (Å²) in [5.74, 6) is 0.249. The summed E-state index contributed by atoms with van der Waals surface area (Å²) in [6.45, 7) is 5.69. The summed E-state index contributed by atoms with van der Waals surface area (Å²) in [4.78, 5) is 0. The van der Waals surface area contributed by atoms with E-state index in [0.29, 0.717) is 6.54 Å². The first-order valence-corrected chi connectivity index (χ1v) is 5.98. The van der Waals surface area contributed by atoms with Gasteiger partial charge in [-0.1, -0.05) is 20.8 Å². The molecule has 0 aromatic carbocycles. The second kappa shape index (κ2) is 7.33. The van der Waals surface area contributed by atoms with Gasteiger partial charge in [0, 0.05) is 6.54 Å². The van der Waals surface area contributed by atoms with Gasteiger partial charge in [-0.15, -0.1) is 0 Å². The number of ether oxygens (including phenoxy) is 1. The first-order chi connectivity index (χ1) is 8.48. The minimum absolute atomic E-state index is 0.0443. The van der Waals surface area contributed by atoms with Gasteiger partial charge in [0.2, 0.25) is 6.10 Å². The van der Waals surface area contributed by atoms with E-state index >= 15 is 0 Å². The Hall–Kier alpha value is -0.500. The Labute approximate surface area is 108 Å². The van der Waals surface area contributed by atoms with Gasteiger partial charge in [-0.25, -0.2) is 0 Å². The molecule has 1 atom stereocenters. The number of hydrogen-bond acceptors (Lipinski definition) is 2. The van der Waals surface area contributed by atoms with Gasteiger partial charge in [0.05, 0.1) is 6.10 Å². The minimum atomic E-state index is -5.45. The molecule has 2 nitrogen and oxygen atoms in total. The van der Waals surface area contributed by atoms with E-state index in [1.54, 1.807) is 0 Å². The average molecular weight is 295 g/mol. The van der Waals surface area contributed by atoms with Crippen LogP contribution in [-0.2, 0) is 4.74 Å². The third-order valence-corrected chi connectivity index (χ3v) is 2.30. The van der Waals surface area contributed by atoms with Crippen LogP contribution in [0.3, 0.4) is 0 Å². The third-order valence-electron chi connectivity index (χ3n) is 2.30. The van der Waals surface area contributed by atoms with Crippen LogP contribution < -0.4 is 5.32 Å². The van der Waals surface area contributed by atoms with Crippen molar-refractivity contribution in [2.75, 3.05) is 13.1 Å². The number of rotatable bonds is 7. The molecule has 0 aromatic rings. The van der Waals surface area contributed by atoms with Gasteiger partial charge in [-0.2, -0.15) is 26.3 Å². The zero-order valence-corrected chi connectivity index (χ0v) is 11.0. The number of nitrogens with one attached hydrogen (secondary N) is 1. The van der Waals surface area contributed by atoms with E-state index in [9.17, 15) is 26.3 Å². The molecule has 0 amide bonds. The summed E-state index contributed by atoms with van der Waals surface area (Å²) in [5.41, 5.74) is 0. The topological polar surface area (TPSA) is 21.3 Å². The van der Waals surface area contributed by atoms with Crippen LogP contribution in [0.4, 0.5) is 26.3 Å². The van der Waals surface area contributed by atoms with Crippen molar-refractivity contribution in [3.63, 3.8) is 0 Å². The molecule has 0 spiro atoms. The number of halogens is 6. The molecule has 0 aliphatic rings. The van der Waals surface area contributed by atoms with E-state index in [4.69, 9.17) is 0 Å². The van der Waals surface area contributed by atoms with E-state index in [1.807, 2.05) is 13.8 Å². The van der Waals surface area contributed by atoms with Crippen molar-refractivity contribution in [2.24, 2.45) is 5.92 Å². The Bertz CT molecular complexity index is 237. The fourth-order valence-electron chi connectivity index (χ4n) is 1.35. The lowest BCUT2D eigenvalue weighted by Gasteiger charge is -2.28. The zero-order valence-electron chi connectivity index (χ0n) is 11.0. The Morgan fingerprint density at radius 3 is 1.74 bits per heavy atom. The largest absolute Gasteiger partial charge is 0.423 e. The van der Waals surface area contributed by atoms with Crippen molar-refractivity contribution >= 4 is 0 Å². The average Bonchev–Trinajstić information content (AvgIpc) is 2.18. The normalized spacial score (nSPS) is 15.3. The van der Waals surface area contributed by atoms with Gasteiger partial charge < -0.3 is 10.1 Å². The summed E-state index contributed by atoms with van der Waals surface area (Å²) >= 11 is 0. The molecule has 0 fully saturated rings. The molecule has 0 saturated carbocycles. The van der Waals surface area contributed by atoms with Crippen molar-refractivity contribution in [1.82, 2.24) is 5.32 Å². The fourth-order valence-corrected chi connectivity index (χ4v) is 1.35. The van der Waals surface area contributed by atoms with Crippen LogP contribution in [0.15, 0.2) is 0 Å². The summed E-state index contributed by atoms with van der Waals surface area (Å²) < 4.78 is 78.0. The predicted molar refractivity (Wildman–Crippen MR) is 58.8 cm³/mol. The highest BCUT2D eigenvalue weighted by Gasteiger charge is 2.58. The molecule has 0 saturated heterocycles. The van der Waals surface area contributed by atoms with Gasteiger partial charge in [0.1, 0.15) is 0 Å². The smallest absolute Gasteiger partial charge is 0.356 e. The maximum Gasteiger partial charge on any atom is 0.423 e. The quantitative estimate of drug-likeness (QED) is 0.726. The molecule has 0 aliphatic carbocycles. The van der Waals surface area contributed by atoms with Crippen molar-refractivity contribution in [3.8, 4) is 0 Å². The Balaban J connectivity index is 4.54. The molecular formula is C11H19F6NO. The maximum atomic E-state index is 12.3. The molecule has 0 aliphatic heterocycles. The summed E-state index contributed by atoms with van der Waals surface area (Å²) in [6.07, 6.45) is -15.7. The van der Waals surface area contributed by atoms with E-state index in [0.717, 1.165) is 0 Å². The minimum Gasteiger partial charge on any atom is -0.356 e.